The van der Waals surface area contributed by atoms with E-state index >= 15 is 0 Å². The van der Waals surface area contributed by atoms with Gasteiger partial charge in [0.15, 0.2) is 4.34 Å². The fourth-order valence-electron chi connectivity index (χ4n) is 1.64. The molecule has 0 aliphatic carbocycles. The Bertz CT molecular complexity index is 634. The number of fused-ring (bicyclic) bond motifs is 1. The van der Waals surface area contributed by atoms with Crippen LogP contribution in [0.4, 0.5) is 4.39 Å². The second-order valence-electron chi connectivity index (χ2n) is 3.86. The number of aromatic nitrogens is 1. The fourth-order valence-corrected chi connectivity index (χ4v) is 3.66. The van der Waals surface area contributed by atoms with Crippen molar-refractivity contribution < 1.29 is 4.39 Å². The first-order valence-electron chi connectivity index (χ1n) is 5.54. The maximum absolute atomic E-state index is 12.8. The highest BCUT2D eigenvalue weighted by Gasteiger charge is 2.04. The summed E-state index contributed by atoms with van der Waals surface area (Å²) >= 11 is 3.39. The quantitative estimate of drug-likeness (QED) is 0.590. The van der Waals surface area contributed by atoms with Gasteiger partial charge in [0.25, 0.3) is 0 Å². The van der Waals surface area contributed by atoms with Gasteiger partial charge in [-0.3, -0.25) is 0 Å². The van der Waals surface area contributed by atoms with Gasteiger partial charge in [0.1, 0.15) is 5.82 Å². The summed E-state index contributed by atoms with van der Waals surface area (Å²) in [5, 5.41) is 0. The van der Waals surface area contributed by atoms with Crippen molar-refractivity contribution >= 4 is 50.3 Å². The van der Waals surface area contributed by atoms with Crippen molar-refractivity contribution in [3.05, 3.63) is 59.9 Å². The molecule has 0 atom stereocenters. The molecular formula is C14H11BrFNS2. The van der Waals surface area contributed by atoms with Crippen molar-refractivity contribution in [1.29, 1.82) is 0 Å². The average molecular weight is 356 g/mol. The van der Waals surface area contributed by atoms with Crippen LogP contribution in [-0.4, -0.2) is 4.98 Å². The van der Waals surface area contributed by atoms with E-state index in [2.05, 4.69) is 11.1 Å². The molecular weight excluding hydrogens is 345 g/mol. The molecule has 2 aromatic carbocycles. The van der Waals surface area contributed by atoms with Crippen LogP contribution in [-0.2, 0) is 5.75 Å². The van der Waals surface area contributed by atoms with Gasteiger partial charge in [0, 0.05) is 5.75 Å². The van der Waals surface area contributed by atoms with Crippen molar-refractivity contribution in [3.63, 3.8) is 0 Å². The van der Waals surface area contributed by atoms with E-state index in [-0.39, 0.29) is 22.8 Å². The van der Waals surface area contributed by atoms with Gasteiger partial charge in [-0.2, -0.15) is 0 Å². The maximum Gasteiger partial charge on any atom is 0.151 e. The van der Waals surface area contributed by atoms with Crippen LogP contribution in [0.25, 0.3) is 10.2 Å². The van der Waals surface area contributed by atoms with Crippen LogP contribution in [0.5, 0.6) is 0 Å². The minimum atomic E-state index is -0.191. The van der Waals surface area contributed by atoms with Gasteiger partial charge < -0.3 is 0 Å². The van der Waals surface area contributed by atoms with E-state index in [9.17, 15) is 4.39 Å². The fraction of sp³-hybridized carbons (Fsp3) is 0.0714. The third-order valence-corrected chi connectivity index (χ3v) is 4.80. The summed E-state index contributed by atoms with van der Waals surface area (Å²) in [4.78, 5) is 4.55. The minimum Gasteiger partial charge on any atom is -0.230 e. The lowest BCUT2D eigenvalue weighted by molar-refractivity contribution is 0.627. The van der Waals surface area contributed by atoms with Crippen molar-refractivity contribution in [2.45, 2.75) is 10.1 Å². The number of para-hydroxylation sites is 1. The summed E-state index contributed by atoms with van der Waals surface area (Å²) in [5.41, 5.74) is 2.16. The first kappa shape index (κ1) is 14.5. The van der Waals surface area contributed by atoms with Crippen molar-refractivity contribution in [3.8, 4) is 0 Å². The highest BCUT2D eigenvalue weighted by Crippen LogP contribution is 2.31. The van der Waals surface area contributed by atoms with Crippen molar-refractivity contribution in [2.24, 2.45) is 0 Å². The number of hydrogen-bond donors (Lipinski definition) is 0. The van der Waals surface area contributed by atoms with Gasteiger partial charge >= 0.3 is 0 Å². The van der Waals surface area contributed by atoms with Gasteiger partial charge in [0.05, 0.1) is 10.2 Å². The molecule has 5 heteroatoms. The highest BCUT2D eigenvalue weighted by atomic mass is 79.9. The Morgan fingerprint density at radius 1 is 1.05 bits per heavy atom. The number of rotatable bonds is 3. The molecule has 0 saturated carbocycles. The van der Waals surface area contributed by atoms with E-state index in [1.165, 1.54) is 16.8 Å². The van der Waals surface area contributed by atoms with Crippen molar-refractivity contribution in [2.75, 3.05) is 0 Å². The highest BCUT2D eigenvalue weighted by molar-refractivity contribution is 8.93. The molecule has 0 aliphatic rings. The average Bonchev–Trinajstić information content (AvgIpc) is 2.81. The molecule has 0 fully saturated rings. The standard InChI is InChI=1S/C14H10FNS2.BrH/c15-11-7-5-10(6-8-11)9-17-14-16-12-3-1-2-4-13(12)18-14;/h1-8H,9H2;1H. The zero-order chi connectivity index (χ0) is 12.4. The molecule has 1 heterocycles. The second-order valence-corrected chi connectivity index (χ2v) is 6.12. The molecule has 98 valence electrons. The van der Waals surface area contributed by atoms with Gasteiger partial charge in [-0.15, -0.1) is 28.3 Å². The van der Waals surface area contributed by atoms with E-state index in [0.29, 0.717) is 0 Å². The lowest BCUT2D eigenvalue weighted by Crippen LogP contribution is -1.80. The van der Waals surface area contributed by atoms with Crippen LogP contribution in [0.1, 0.15) is 5.56 Å². The Kier molecular flexibility index (Phi) is 4.96. The molecule has 0 N–H and O–H groups in total. The van der Waals surface area contributed by atoms with Crippen LogP contribution < -0.4 is 0 Å². The van der Waals surface area contributed by atoms with Crippen LogP contribution in [0, 0.1) is 5.82 Å². The molecule has 0 aliphatic heterocycles. The van der Waals surface area contributed by atoms with Crippen molar-refractivity contribution in [1.82, 2.24) is 4.98 Å². The summed E-state index contributed by atoms with van der Waals surface area (Å²) in [6, 6.07) is 14.7. The molecule has 1 nitrogen and oxygen atoms in total. The first-order valence-corrected chi connectivity index (χ1v) is 7.34. The summed E-state index contributed by atoms with van der Waals surface area (Å²) in [7, 11) is 0. The number of thioether (sulfide) groups is 1. The van der Waals surface area contributed by atoms with E-state index in [1.54, 1.807) is 23.1 Å². The minimum absolute atomic E-state index is 0. The third kappa shape index (κ3) is 3.55. The number of nitrogens with zero attached hydrogens (tertiary/aromatic N) is 1. The number of thiazole rings is 1. The molecule has 0 amide bonds. The molecule has 1 aromatic heterocycles. The molecule has 3 aromatic rings. The molecule has 0 radical (unpaired) electrons. The summed E-state index contributed by atoms with van der Waals surface area (Å²) < 4.78 is 15.0. The molecule has 19 heavy (non-hydrogen) atoms. The van der Waals surface area contributed by atoms with Gasteiger partial charge in [-0.25, -0.2) is 9.37 Å². The number of benzene rings is 2. The lowest BCUT2D eigenvalue weighted by Gasteiger charge is -1.98. The second kappa shape index (κ2) is 6.50. The molecule has 0 saturated heterocycles. The lowest BCUT2D eigenvalue weighted by atomic mass is 10.2. The van der Waals surface area contributed by atoms with Crippen LogP contribution in [0.2, 0.25) is 0 Å². The predicted octanol–water partition coefficient (Wildman–Crippen LogP) is 5.31. The largest absolute Gasteiger partial charge is 0.230 e. The monoisotopic (exact) mass is 355 g/mol. The predicted molar refractivity (Wildman–Crippen MR) is 85.9 cm³/mol. The molecule has 0 bridgehead atoms. The number of hydrogen-bond acceptors (Lipinski definition) is 3. The number of halogens is 2. The van der Waals surface area contributed by atoms with E-state index in [0.717, 1.165) is 21.2 Å². The first-order chi connectivity index (χ1) is 8.81. The van der Waals surface area contributed by atoms with Gasteiger partial charge in [-0.1, -0.05) is 36.0 Å². The smallest absolute Gasteiger partial charge is 0.151 e. The topological polar surface area (TPSA) is 12.9 Å². The van der Waals surface area contributed by atoms with E-state index in [4.69, 9.17) is 0 Å². The summed E-state index contributed by atoms with van der Waals surface area (Å²) in [5.74, 6) is 0.629. The SMILES string of the molecule is Br.Fc1ccc(CSc2nc3ccccc3s2)cc1. The van der Waals surface area contributed by atoms with Crippen LogP contribution in [0.15, 0.2) is 52.9 Å². The third-order valence-electron chi connectivity index (χ3n) is 2.55. The zero-order valence-electron chi connectivity index (χ0n) is 9.88. The van der Waals surface area contributed by atoms with Crippen LogP contribution >= 0.6 is 40.1 Å². The molecule has 0 unspecified atom stereocenters. The van der Waals surface area contributed by atoms with Crippen LogP contribution in [0.3, 0.4) is 0 Å². The zero-order valence-corrected chi connectivity index (χ0v) is 13.2. The Morgan fingerprint density at radius 3 is 2.53 bits per heavy atom. The Labute approximate surface area is 129 Å². The van der Waals surface area contributed by atoms with E-state index in [1.807, 2.05) is 30.3 Å². The Hall–Kier alpha value is -0.910. The summed E-state index contributed by atoms with van der Waals surface area (Å²) in [6.07, 6.45) is 0. The maximum atomic E-state index is 12.8. The van der Waals surface area contributed by atoms with Gasteiger partial charge in [-0.05, 0) is 29.8 Å². The Balaban J connectivity index is 0.00000133. The van der Waals surface area contributed by atoms with E-state index < -0.39 is 0 Å². The Morgan fingerprint density at radius 2 is 1.79 bits per heavy atom. The summed E-state index contributed by atoms with van der Waals surface area (Å²) in [6.45, 7) is 0. The molecule has 0 spiro atoms. The van der Waals surface area contributed by atoms with Gasteiger partial charge in [0.2, 0.25) is 0 Å². The molecule has 3 rings (SSSR count). The normalized spacial score (nSPS) is 10.4.